The Bertz CT molecular complexity index is 1050. The number of benzene rings is 1. The van der Waals surface area contributed by atoms with Crippen LogP contribution in [0.15, 0.2) is 42.6 Å². The van der Waals surface area contributed by atoms with Gasteiger partial charge in [0.15, 0.2) is 0 Å². The SMILES string of the molecule is COCC1CCN(c2nc(NC(=O)c3ccc(C(C)(C)O)cc3)cc3ccnn23)CC1. The van der Waals surface area contributed by atoms with Crippen LogP contribution in [0.2, 0.25) is 0 Å². The van der Waals surface area contributed by atoms with E-state index in [9.17, 15) is 9.90 Å². The smallest absolute Gasteiger partial charge is 0.256 e. The lowest BCUT2D eigenvalue weighted by molar-refractivity contribution is 0.0785. The van der Waals surface area contributed by atoms with Gasteiger partial charge in [-0.05, 0) is 56.4 Å². The molecule has 164 valence electrons. The minimum Gasteiger partial charge on any atom is -0.386 e. The molecule has 3 aromatic rings. The highest BCUT2D eigenvalue weighted by Gasteiger charge is 2.23. The predicted molar refractivity (Wildman–Crippen MR) is 119 cm³/mol. The average Bonchev–Trinajstić information content (AvgIpc) is 3.22. The van der Waals surface area contributed by atoms with Gasteiger partial charge in [-0.2, -0.15) is 10.1 Å². The van der Waals surface area contributed by atoms with E-state index in [-0.39, 0.29) is 5.91 Å². The summed E-state index contributed by atoms with van der Waals surface area (Å²) in [5.41, 5.74) is 1.18. The average molecular weight is 424 g/mol. The van der Waals surface area contributed by atoms with Crippen molar-refractivity contribution in [1.29, 1.82) is 0 Å². The summed E-state index contributed by atoms with van der Waals surface area (Å²) >= 11 is 0. The van der Waals surface area contributed by atoms with Crippen LogP contribution in [0, 0.1) is 5.92 Å². The van der Waals surface area contributed by atoms with Gasteiger partial charge in [0.05, 0.1) is 17.3 Å². The Kier molecular flexibility index (Phi) is 5.93. The molecule has 0 atom stereocenters. The van der Waals surface area contributed by atoms with Crippen molar-refractivity contribution in [3.05, 3.63) is 53.7 Å². The summed E-state index contributed by atoms with van der Waals surface area (Å²) in [5.74, 6) is 1.53. The lowest BCUT2D eigenvalue weighted by Crippen LogP contribution is -2.37. The largest absolute Gasteiger partial charge is 0.386 e. The van der Waals surface area contributed by atoms with Gasteiger partial charge in [0, 0.05) is 38.4 Å². The number of aromatic nitrogens is 3. The molecular weight excluding hydrogens is 394 g/mol. The number of methoxy groups -OCH3 is 1. The summed E-state index contributed by atoms with van der Waals surface area (Å²) in [6.07, 6.45) is 3.80. The van der Waals surface area contributed by atoms with Crippen molar-refractivity contribution >= 4 is 23.2 Å². The van der Waals surface area contributed by atoms with E-state index in [1.165, 1.54) is 0 Å². The number of ether oxygens (including phenoxy) is 1. The Morgan fingerprint density at radius 1 is 1.23 bits per heavy atom. The first-order valence-electron chi connectivity index (χ1n) is 10.6. The molecule has 0 spiro atoms. The van der Waals surface area contributed by atoms with Crippen molar-refractivity contribution in [3.8, 4) is 0 Å². The monoisotopic (exact) mass is 423 g/mol. The van der Waals surface area contributed by atoms with E-state index in [4.69, 9.17) is 9.72 Å². The molecule has 0 aliphatic carbocycles. The van der Waals surface area contributed by atoms with Gasteiger partial charge in [-0.25, -0.2) is 4.52 Å². The number of rotatable bonds is 6. The van der Waals surface area contributed by atoms with Crippen LogP contribution in [0.5, 0.6) is 0 Å². The third-order valence-corrected chi connectivity index (χ3v) is 5.76. The van der Waals surface area contributed by atoms with Crippen LogP contribution in [0.25, 0.3) is 5.52 Å². The molecule has 0 radical (unpaired) electrons. The molecule has 3 heterocycles. The van der Waals surface area contributed by atoms with E-state index in [1.54, 1.807) is 51.4 Å². The number of carbonyl (C=O) groups excluding carboxylic acids is 1. The van der Waals surface area contributed by atoms with E-state index in [0.717, 1.165) is 49.6 Å². The van der Waals surface area contributed by atoms with Crippen LogP contribution in [0.3, 0.4) is 0 Å². The molecule has 1 aliphatic rings. The Balaban J connectivity index is 1.54. The first-order valence-corrected chi connectivity index (χ1v) is 10.6. The van der Waals surface area contributed by atoms with Gasteiger partial charge >= 0.3 is 0 Å². The van der Waals surface area contributed by atoms with Crippen LogP contribution in [-0.4, -0.2) is 52.4 Å². The van der Waals surface area contributed by atoms with Crippen LogP contribution >= 0.6 is 0 Å². The maximum Gasteiger partial charge on any atom is 0.256 e. The molecule has 1 aromatic carbocycles. The quantitative estimate of drug-likeness (QED) is 0.633. The second-order valence-corrected chi connectivity index (χ2v) is 8.59. The number of hydrogen-bond acceptors (Lipinski definition) is 6. The zero-order chi connectivity index (χ0) is 22.0. The summed E-state index contributed by atoms with van der Waals surface area (Å²) < 4.78 is 7.11. The van der Waals surface area contributed by atoms with E-state index in [2.05, 4.69) is 15.3 Å². The third-order valence-electron chi connectivity index (χ3n) is 5.76. The first kappa shape index (κ1) is 21.3. The number of amides is 1. The topological polar surface area (TPSA) is 92.0 Å². The fourth-order valence-corrected chi connectivity index (χ4v) is 3.94. The summed E-state index contributed by atoms with van der Waals surface area (Å²) in [7, 11) is 1.74. The molecular formula is C23H29N5O3. The summed E-state index contributed by atoms with van der Waals surface area (Å²) in [6.45, 7) is 5.94. The van der Waals surface area contributed by atoms with Crippen molar-refractivity contribution in [2.75, 3.05) is 37.0 Å². The second-order valence-electron chi connectivity index (χ2n) is 8.59. The molecule has 2 N–H and O–H groups in total. The maximum absolute atomic E-state index is 12.8. The van der Waals surface area contributed by atoms with E-state index < -0.39 is 5.60 Å². The summed E-state index contributed by atoms with van der Waals surface area (Å²) in [4.78, 5) is 19.7. The normalized spacial score (nSPS) is 15.4. The van der Waals surface area contributed by atoms with E-state index in [1.807, 2.05) is 16.6 Å². The van der Waals surface area contributed by atoms with Crippen molar-refractivity contribution in [2.24, 2.45) is 5.92 Å². The van der Waals surface area contributed by atoms with Crippen molar-refractivity contribution in [2.45, 2.75) is 32.3 Å². The van der Waals surface area contributed by atoms with Gasteiger partial charge in [-0.1, -0.05) is 12.1 Å². The second kappa shape index (κ2) is 8.64. The number of nitrogens with one attached hydrogen (secondary N) is 1. The molecule has 1 amide bonds. The van der Waals surface area contributed by atoms with Crippen LogP contribution in [0.1, 0.15) is 42.6 Å². The molecule has 0 bridgehead atoms. The van der Waals surface area contributed by atoms with Crippen LogP contribution < -0.4 is 10.2 Å². The Hall–Kier alpha value is -2.97. The standard InChI is InChI=1S/C23H29N5O3/c1-23(2,30)18-6-4-17(5-7-18)21(29)25-20-14-19-8-11-24-28(19)22(26-20)27-12-9-16(10-13-27)15-31-3/h4-8,11,14,16,30H,9-10,12-13,15H2,1-3H3,(H,25,29). The molecule has 4 rings (SSSR count). The molecule has 8 nitrogen and oxygen atoms in total. The molecule has 1 fully saturated rings. The number of carbonyl (C=O) groups is 1. The molecule has 31 heavy (non-hydrogen) atoms. The number of anilines is 2. The minimum atomic E-state index is -0.949. The fraction of sp³-hybridized carbons (Fsp3) is 0.435. The van der Waals surface area contributed by atoms with Crippen molar-refractivity contribution < 1.29 is 14.6 Å². The molecule has 1 saturated heterocycles. The third kappa shape index (κ3) is 4.70. The van der Waals surface area contributed by atoms with Crippen molar-refractivity contribution in [1.82, 2.24) is 14.6 Å². The number of aliphatic hydroxyl groups is 1. The number of nitrogens with zero attached hydrogens (tertiary/aromatic N) is 4. The maximum atomic E-state index is 12.8. The Labute approximate surface area is 181 Å². The zero-order valence-corrected chi connectivity index (χ0v) is 18.2. The summed E-state index contributed by atoms with van der Waals surface area (Å²) in [5, 5.41) is 17.4. The number of fused-ring (bicyclic) bond motifs is 1. The lowest BCUT2D eigenvalue weighted by Gasteiger charge is -2.32. The Morgan fingerprint density at radius 2 is 1.94 bits per heavy atom. The van der Waals surface area contributed by atoms with Gasteiger partial charge in [-0.3, -0.25) is 4.79 Å². The number of piperidine rings is 1. The predicted octanol–water partition coefficient (Wildman–Crippen LogP) is 3.07. The molecule has 0 saturated carbocycles. The molecule has 0 unspecified atom stereocenters. The first-order chi connectivity index (χ1) is 14.8. The van der Waals surface area contributed by atoms with Gasteiger partial charge in [0.2, 0.25) is 5.95 Å². The number of hydrogen-bond donors (Lipinski definition) is 2. The highest BCUT2D eigenvalue weighted by Crippen LogP contribution is 2.25. The Morgan fingerprint density at radius 3 is 2.58 bits per heavy atom. The van der Waals surface area contributed by atoms with E-state index >= 15 is 0 Å². The lowest BCUT2D eigenvalue weighted by atomic mass is 9.97. The molecule has 8 heteroatoms. The van der Waals surface area contributed by atoms with Crippen LogP contribution in [-0.2, 0) is 10.3 Å². The van der Waals surface area contributed by atoms with Crippen molar-refractivity contribution in [3.63, 3.8) is 0 Å². The molecule has 1 aliphatic heterocycles. The summed E-state index contributed by atoms with van der Waals surface area (Å²) in [6, 6.07) is 10.7. The zero-order valence-electron chi connectivity index (χ0n) is 18.2. The van der Waals surface area contributed by atoms with Gasteiger partial charge in [0.1, 0.15) is 5.82 Å². The van der Waals surface area contributed by atoms with E-state index in [0.29, 0.717) is 17.3 Å². The van der Waals surface area contributed by atoms with Gasteiger partial charge in [-0.15, -0.1) is 0 Å². The molecule has 2 aromatic heterocycles. The van der Waals surface area contributed by atoms with Gasteiger partial charge < -0.3 is 20.1 Å². The highest BCUT2D eigenvalue weighted by molar-refractivity contribution is 6.04. The van der Waals surface area contributed by atoms with Gasteiger partial charge in [0.25, 0.3) is 5.91 Å². The van der Waals surface area contributed by atoms with Crippen LogP contribution in [0.4, 0.5) is 11.8 Å². The highest BCUT2D eigenvalue weighted by atomic mass is 16.5. The minimum absolute atomic E-state index is 0.247. The fourth-order valence-electron chi connectivity index (χ4n) is 3.94.